The minimum Gasteiger partial charge on any atom is -0.372 e. The van der Waals surface area contributed by atoms with E-state index >= 15 is 0 Å². The number of hydrogen-bond donors (Lipinski definition) is 1. The molecule has 1 saturated carbocycles. The summed E-state index contributed by atoms with van der Waals surface area (Å²) in [5, 5.41) is 3.56. The second kappa shape index (κ2) is 3.29. The molecule has 1 unspecified atom stereocenters. The normalized spacial score (nSPS) is 30.1. The summed E-state index contributed by atoms with van der Waals surface area (Å²) in [6.07, 6.45) is 5.57. The molecule has 0 radical (unpaired) electrons. The Balaban J connectivity index is 1.88. The Kier molecular flexibility index (Phi) is 2.08. The van der Waals surface area contributed by atoms with Crippen LogP contribution in [0.5, 0.6) is 0 Å². The average molecular weight is 210 g/mol. The molecule has 2 fully saturated rings. The zero-order valence-electron chi connectivity index (χ0n) is 8.03. The number of ether oxygens (including phenoxy) is 1. The van der Waals surface area contributed by atoms with Crippen molar-refractivity contribution in [3.8, 4) is 0 Å². The largest absolute Gasteiger partial charge is 0.372 e. The van der Waals surface area contributed by atoms with E-state index in [1.807, 2.05) is 6.20 Å². The van der Waals surface area contributed by atoms with Crippen molar-refractivity contribution in [2.45, 2.75) is 30.9 Å². The summed E-state index contributed by atoms with van der Waals surface area (Å²) in [4.78, 5) is 1.32. The number of aromatic nitrogens is 1. The minimum atomic E-state index is 0.102. The van der Waals surface area contributed by atoms with E-state index in [4.69, 9.17) is 4.74 Å². The Morgan fingerprint density at radius 3 is 3.14 bits per heavy atom. The van der Waals surface area contributed by atoms with Gasteiger partial charge in [0.25, 0.3) is 0 Å². The number of hydrogen-bond acceptors (Lipinski definition) is 4. The lowest BCUT2D eigenvalue weighted by Gasteiger charge is -2.50. The summed E-state index contributed by atoms with van der Waals surface area (Å²) in [6.45, 7) is 1.82. The van der Waals surface area contributed by atoms with E-state index in [0.717, 1.165) is 13.2 Å². The molecule has 1 atom stereocenters. The van der Waals surface area contributed by atoms with E-state index in [9.17, 15) is 0 Å². The molecule has 1 aromatic heterocycles. The standard InChI is InChI=1S/C10H14N2OS/c1-3-10(4-1)9(11-6-7-13-10)8-2-5-12-14-8/h2,5,9,11H,1,3-4,6-7H2. The molecule has 2 heterocycles. The fourth-order valence-electron chi connectivity index (χ4n) is 2.42. The van der Waals surface area contributed by atoms with Gasteiger partial charge < -0.3 is 10.1 Å². The quantitative estimate of drug-likeness (QED) is 0.766. The molecule has 0 aromatic carbocycles. The topological polar surface area (TPSA) is 34.1 Å². The van der Waals surface area contributed by atoms with Crippen molar-refractivity contribution in [3.63, 3.8) is 0 Å². The molecule has 3 rings (SSSR count). The van der Waals surface area contributed by atoms with Crippen molar-refractivity contribution >= 4 is 11.5 Å². The highest BCUT2D eigenvalue weighted by atomic mass is 32.1. The van der Waals surface area contributed by atoms with Crippen molar-refractivity contribution in [2.75, 3.05) is 13.2 Å². The highest BCUT2D eigenvalue weighted by Crippen LogP contribution is 2.47. The van der Waals surface area contributed by atoms with Gasteiger partial charge in [-0.05, 0) is 36.9 Å². The van der Waals surface area contributed by atoms with Gasteiger partial charge in [0.15, 0.2) is 0 Å². The molecule has 1 N–H and O–H groups in total. The van der Waals surface area contributed by atoms with Gasteiger partial charge in [-0.3, -0.25) is 0 Å². The first-order valence-corrected chi connectivity index (χ1v) is 5.96. The van der Waals surface area contributed by atoms with Gasteiger partial charge in [-0.25, -0.2) is 4.37 Å². The Bertz CT molecular complexity index is 308. The zero-order chi connectivity index (χ0) is 9.43. The van der Waals surface area contributed by atoms with Gasteiger partial charge in [-0.1, -0.05) is 0 Å². The van der Waals surface area contributed by atoms with Crippen molar-refractivity contribution in [2.24, 2.45) is 0 Å². The third kappa shape index (κ3) is 1.21. The van der Waals surface area contributed by atoms with Crippen LogP contribution in [0, 0.1) is 0 Å². The maximum atomic E-state index is 5.95. The summed E-state index contributed by atoms with van der Waals surface area (Å²) < 4.78 is 10.1. The molecule has 0 amide bonds. The van der Waals surface area contributed by atoms with Crippen LogP contribution >= 0.6 is 11.5 Å². The minimum absolute atomic E-state index is 0.102. The molecule has 14 heavy (non-hydrogen) atoms. The van der Waals surface area contributed by atoms with Crippen LogP contribution < -0.4 is 5.32 Å². The second-order valence-corrected chi connectivity index (χ2v) is 4.93. The first kappa shape index (κ1) is 8.83. The van der Waals surface area contributed by atoms with Crippen LogP contribution in [0.15, 0.2) is 12.3 Å². The number of rotatable bonds is 1. The highest BCUT2D eigenvalue weighted by Gasteiger charge is 2.48. The van der Waals surface area contributed by atoms with Crippen molar-refractivity contribution in [1.29, 1.82) is 0 Å². The lowest BCUT2D eigenvalue weighted by atomic mass is 9.73. The molecule has 1 aliphatic heterocycles. The van der Waals surface area contributed by atoms with Crippen LogP contribution in [0.25, 0.3) is 0 Å². The maximum absolute atomic E-state index is 5.95. The molecule has 3 nitrogen and oxygen atoms in total. The zero-order valence-corrected chi connectivity index (χ0v) is 8.85. The van der Waals surface area contributed by atoms with E-state index < -0.39 is 0 Å². The van der Waals surface area contributed by atoms with Crippen molar-refractivity contribution in [3.05, 3.63) is 17.1 Å². The SMILES string of the molecule is c1cc(C2NCCOC23CCC3)sn1. The highest BCUT2D eigenvalue weighted by molar-refractivity contribution is 7.05. The summed E-state index contributed by atoms with van der Waals surface area (Å²) in [6, 6.07) is 2.49. The molecule has 1 saturated heterocycles. The second-order valence-electron chi connectivity index (χ2n) is 4.07. The summed E-state index contributed by atoms with van der Waals surface area (Å²) >= 11 is 1.59. The van der Waals surface area contributed by atoms with E-state index in [0.29, 0.717) is 6.04 Å². The Hall–Kier alpha value is -0.450. The molecule has 1 spiro atoms. The van der Waals surface area contributed by atoms with Crippen LogP contribution in [0.3, 0.4) is 0 Å². The van der Waals surface area contributed by atoms with Crippen LogP contribution in [0.1, 0.15) is 30.2 Å². The molecular formula is C10H14N2OS. The lowest BCUT2D eigenvalue weighted by Crippen LogP contribution is -2.55. The number of nitrogens with one attached hydrogen (secondary N) is 1. The van der Waals surface area contributed by atoms with Gasteiger partial charge in [-0.15, -0.1) is 0 Å². The van der Waals surface area contributed by atoms with Crippen molar-refractivity contribution in [1.82, 2.24) is 9.69 Å². The van der Waals surface area contributed by atoms with Crippen LogP contribution in [-0.4, -0.2) is 23.1 Å². The number of morpholine rings is 1. The van der Waals surface area contributed by atoms with Gasteiger partial charge in [0.1, 0.15) is 0 Å². The molecule has 4 heteroatoms. The van der Waals surface area contributed by atoms with E-state index in [1.54, 1.807) is 11.5 Å². The Labute approximate surface area is 87.6 Å². The summed E-state index contributed by atoms with van der Waals surface area (Å²) in [7, 11) is 0. The molecule has 76 valence electrons. The average Bonchev–Trinajstić information content (AvgIpc) is 2.68. The van der Waals surface area contributed by atoms with Gasteiger partial charge in [0, 0.05) is 17.6 Å². The van der Waals surface area contributed by atoms with Gasteiger partial charge in [-0.2, -0.15) is 0 Å². The van der Waals surface area contributed by atoms with E-state index in [-0.39, 0.29) is 5.60 Å². The molecule has 2 aliphatic rings. The van der Waals surface area contributed by atoms with Crippen LogP contribution in [0.2, 0.25) is 0 Å². The van der Waals surface area contributed by atoms with Gasteiger partial charge in [0.05, 0.1) is 18.2 Å². The van der Waals surface area contributed by atoms with Gasteiger partial charge in [0.2, 0.25) is 0 Å². The predicted molar refractivity (Wildman–Crippen MR) is 55.4 cm³/mol. The number of nitrogens with zero attached hydrogens (tertiary/aromatic N) is 1. The molecule has 1 aromatic rings. The lowest BCUT2D eigenvalue weighted by molar-refractivity contribution is -0.145. The van der Waals surface area contributed by atoms with Crippen molar-refractivity contribution < 1.29 is 4.74 Å². The smallest absolute Gasteiger partial charge is 0.0885 e. The first-order valence-electron chi connectivity index (χ1n) is 5.19. The molecular weight excluding hydrogens is 196 g/mol. The first-order chi connectivity index (χ1) is 6.91. The van der Waals surface area contributed by atoms with Gasteiger partial charge >= 0.3 is 0 Å². The third-order valence-electron chi connectivity index (χ3n) is 3.31. The molecule has 1 aliphatic carbocycles. The fraction of sp³-hybridized carbons (Fsp3) is 0.700. The summed E-state index contributed by atoms with van der Waals surface area (Å²) in [5.74, 6) is 0. The van der Waals surface area contributed by atoms with Crippen LogP contribution in [0.4, 0.5) is 0 Å². The molecule has 0 bridgehead atoms. The Morgan fingerprint density at radius 2 is 2.50 bits per heavy atom. The fourth-order valence-corrected chi connectivity index (χ4v) is 3.19. The van der Waals surface area contributed by atoms with E-state index in [1.165, 1.54) is 24.1 Å². The summed E-state index contributed by atoms with van der Waals surface area (Å²) in [5.41, 5.74) is 0.102. The maximum Gasteiger partial charge on any atom is 0.0885 e. The van der Waals surface area contributed by atoms with E-state index in [2.05, 4.69) is 15.8 Å². The predicted octanol–water partition coefficient (Wildman–Crippen LogP) is 1.73. The third-order valence-corrected chi connectivity index (χ3v) is 4.12. The Morgan fingerprint density at radius 1 is 1.57 bits per heavy atom. The monoisotopic (exact) mass is 210 g/mol. The van der Waals surface area contributed by atoms with Crippen LogP contribution in [-0.2, 0) is 4.74 Å².